The van der Waals surface area contributed by atoms with Crippen molar-refractivity contribution in [2.45, 2.75) is 30.8 Å². The Kier molecular flexibility index (Phi) is 4.89. The van der Waals surface area contributed by atoms with Gasteiger partial charge in [-0.05, 0) is 43.2 Å². The normalized spacial score (nSPS) is 21.6. The minimum Gasteiger partial charge on any atom is -0.381 e. The Morgan fingerprint density at radius 3 is 2.76 bits per heavy atom. The van der Waals surface area contributed by atoms with Crippen LogP contribution in [0.15, 0.2) is 29.2 Å². The lowest BCUT2D eigenvalue weighted by molar-refractivity contribution is 0.178. The molecule has 2 nitrogen and oxygen atoms in total. The Labute approximate surface area is 108 Å². The molecule has 1 aliphatic rings. The molecule has 1 N–H and O–H groups in total. The van der Waals surface area contributed by atoms with Gasteiger partial charge in [0.1, 0.15) is 0 Å². The standard InChI is InChI=1S/C14H21NOS/c1-11(13-7-8-16-10-13)15-9-12-3-5-14(17-2)6-4-12/h3-6,11,13,15H,7-10H2,1-2H3. The summed E-state index contributed by atoms with van der Waals surface area (Å²) in [6.45, 7) is 5.06. The molecule has 1 fully saturated rings. The first-order valence-corrected chi connectivity index (χ1v) is 7.46. The third-order valence-corrected chi connectivity index (χ3v) is 4.20. The third kappa shape index (κ3) is 3.73. The highest BCUT2D eigenvalue weighted by Gasteiger charge is 2.21. The van der Waals surface area contributed by atoms with E-state index in [9.17, 15) is 0 Å². The SMILES string of the molecule is CSc1ccc(CNC(C)C2CCOC2)cc1. The monoisotopic (exact) mass is 251 g/mol. The van der Waals surface area contributed by atoms with Gasteiger partial charge in [0, 0.05) is 24.1 Å². The van der Waals surface area contributed by atoms with E-state index in [0.29, 0.717) is 12.0 Å². The number of nitrogens with one attached hydrogen (secondary N) is 1. The first-order chi connectivity index (χ1) is 8.29. The summed E-state index contributed by atoms with van der Waals surface area (Å²) in [5, 5.41) is 3.59. The molecule has 1 aromatic rings. The van der Waals surface area contributed by atoms with Crippen molar-refractivity contribution >= 4 is 11.8 Å². The first-order valence-electron chi connectivity index (χ1n) is 6.23. The lowest BCUT2D eigenvalue weighted by Gasteiger charge is -2.19. The number of benzene rings is 1. The van der Waals surface area contributed by atoms with Crippen LogP contribution in [0.25, 0.3) is 0 Å². The fourth-order valence-electron chi connectivity index (χ4n) is 2.14. The van der Waals surface area contributed by atoms with Crippen molar-refractivity contribution in [3.8, 4) is 0 Å². The summed E-state index contributed by atoms with van der Waals surface area (Å²) >= 11 is 1.79. The number of hydrogen-bond acceptors (Lipinski definition) is 3. The Morgan fingerprint density at radius 1 is 1.41 bits per heavy atom. The van der Waals surface area contributed by atoms with E-state index in [4.69, 9.17) is 4.74 Å². The summed E-state index contributed by atoms with van der Waals surface area (Å²) in [4.78, 5) is 1.32. The summed E-state index contributed by atoms with van der Waals surface area (Å²) in [5.41, 5.74) is 1.36. The molecule has 17 heavy (non-hydrogen) atoms. The van der Waals surface area contributed by atoms with Crippen LogP contribution in [0.1, 0.15) is 18.9 Å². The molecule has 0 aromatic heterocycles. The van der Waals surface area contributed by atoms with Gasteiger partial charge in [0.2, 0.25) is 0 Å². The van der Waals surface area contributed by atoms with Crippen LogP contribution < -0.4 is 5.32 Å². The average Bonchev–Trinajstić information content (AvgIpc) is 2.90. The Morgan fingerprint density at radius 2 is 2.18 bits per heavy atom. The molecular weight excluding hydrogens is 230 g/mol. The van der Waals surface area contributed by atoms with Crippen molar-refractivity contribution < 1.29 is 4.74 Å². The van der Waals surface area contributed by atoms with E-state index < -0.39 is 0 Å². The Hall–Kier alpha value is -0.510. The number of rotatable bonds is 5. The molecule has 1 heterocycles. The van der Waals surface area contributed by atoms with E-state index in [0.717, 1.165) is 19.8 Å². The summed E-state index contributed by atoms with van der Waals surface area (Å²) < 4.78 is 5.42. The largest absolute Gasteiger partial charge is 0.381 e. The number of hydrogen-bond donors (Lipinski definition) is 1. The van der Waals surface area contributed by atoms with Crippen LogP contribution in [0.5, 0.6) is 0 Å². The average molecular weight is 251 g/mol. The van der Waals surface area contributed by atoms with Crippen LogP contribution in [0.3, 0.4) is 0 Å². The summed E-state index contributed by atoms with van der Waals surface area (Å²) in [6.07, 6.45) is 3.30. The zero-order chi connectivity index (χ0) is 12.1. The predicted octanol–water partition coefficient (Wildman–Crippen LogP) is 2.92. The smallest absolute Gasteiger partial charge is 0.0509 e. The molecule has 0 saturated carbocycles. The first kappa shape index (κ1) is 12.9. The molecule has 2 unspecified atom stereocenters. The van der Waals surface area contributed by atoms with Gasteiger partial charge in [0.25, 0.3) is 0 Å². The lowest BCUT2D eigenvalue weighted by atomic mass is 10.0. The topological polar surface area (TPSA) is 21.3 Å². The van der Waals surface area contributed by atoms with E-state index in [1.807, 2.05) is 0 Å². The summed E-state index contributed by atoms with van der Waals surface area (Å²) in [5.74, 6) is 0.681. The molecule has 1 aliphatic heterocycles. The Bertz CT molecular complexity index is 333. The molecule has 2 rings (SSSR count). The number of thioether (sulfide) groups is 1. The predicted molar refractivity (Wildman–Crippen MR) is 73.5 cm³/mol. The zero-order valence-corrected chi connectivity index (χ0v) is 11.4. The van der Waals surface area contributed by atoms with Gasteiger partial charge >= 0.3 is 0 Å². The summed E-state index contributed by atoms with van der Waals surface area (Å²) in [7, 11) is 0. The fraction of sp³-hybridized carbons (Fsp3) is 0.571. The second kappa shape index (κ2) is 6.43. The molecule has 1 aromatic carbocycles. The van der Waals surface area contributed by atoms with Crippen LogP contribution in [0.2, 0.25) is 0 Å². The quantitative estimate of drug-likeness (QED) is 0.813. The van der Waals surface area contributed by atoms with E-state index in [1.165, 1.54) is 16.9 Å². The van der Waals surface area contributed by atoms with Crippen molar-refractivity contribution in [1.29, 1.82) is 0 Å². The van der Waals surface area contributed by atoms with Crippen molar-refractivity contribution in [1.82, 2.24) is 5.32 Å². The van der Waals surface area contributed by atoms with Gasteiger partial charge in [-0.2, -0.15) is 0 Å². The van der Waals surface area contributed by atoms with Crippen molar-refractivity contribution in [3.63, 3.8) is 0 Å². The highest BCUT2D eigenvalue weighted by Crippen LogP contribution is 2.18. The van der Waals surface area contributed by atoms with E-state index in [1.54, 1.807) is 11.8 Å². The van der Waals surface area contributed by atoms with Gasteiger partial charge in [0.05, 0.1) is 6.61 Å². The van der Waals surface area contributed by atoms with E-state index in [-0.39, 0.29) is 0 Å². The Balaban J connectivity index is 1.80. The maximum Gasteiger partial charge on any atom is 0.0509 e. The molecule has 2 atom stereocenters. The lowest BCUT2D eigenvalue weighted by Crippen LogP contribution is -2.33. The van der Waals surface area contributed by atoms with Crippen LogP contribution >= 0.6 is 11.8 Å². The highest BCUT2D eigenvalue weighted by molar-refractivity contribution is 7.98. The maximum absolute atomic E-state index is 5.42. The van der Waals surface area contributed by atoms with E-state index in [2.05, 4.69) is 42.8 Å². The minimum atomic E-state index is 0.540. The van der Waals surface area contributed by atoms with Gasteiger partial charge in [-0.25, -0.2) is 0 Å². The molecule has 3 heteroatoms. The van der Waals surface area contributed by atoms with Crippen LogP contribution in [0.4, 0.5) is 0 Å². The molecule has 0 radical (unpaired) electrons. The van der Waals surface area contributed by atoms with Crippen molar-refractivity contribution in [3.05, 3.63) is 29.8 Å². The van der Waals surface area contributed by atoms with Gasteiger partial charge in [-0.1, -0.05) is 12.1 Å². The van der Waals surface area contributed by atoms with Gasteiger partial charge in [-0.3, -0.25) is 0 Å². The van der Waals surface area contributed by atoms with Crippen LogP contribution in [-0.2, 0) is 11.3 Å². The molecule has 0 bridgehead atoms. The fourth-order valence-corrected chi connectivity index (χ4v) is 2.54. The third-order valence-electron chi connectivity index (χ3n) is 3.46. The number of ether oxygens (including phenoxy) is 1. The second-order valence-corrected chi connectivity index (χ2v) is 5.52. The van der Waals surface area contributed by atoms with Crippen molar-refractivity contribution in [2.75, 3.05) is 19.5 Å². The second-order valence-electron chi connectivity index (χ2n) is 4.64. The van der Waals surface area contributed by atoms with Crippen LogP contribution in [0, 0.1) is 5.92 Å². The van der Waals surface area contributed by atoms with Gasteiger partial charge < -0.3 is 10.1 Å². The molecule has 1 saturated heterocycles. The molecule has 0 amide bonds. The van der Waals surface area contributed by atoms with Gasteiger partial charge in [0.15, 0.2) is 0 Å². The zero-order valence-electron chi connectivity index (χ0n) is 10.6. The van der Waals surface area contributed by atoms with Crippen LogP contribution in [-0.4, -0.2) is 25.5 Å². The highest BCUT2D eigenvalue weighted by atomic mass is 32.2. The maximum atomic E-state index is 5.42. The molecular formula is C14H21NOS. The minimum absolute atomic E-state index is 0.540. The van der Waals surface area contributed by atoms with Gasteiger partial charge in [-0.15, -0.1) is 11.8 Å². The van der Waals surface area contributed by atoms with Crippen molar-refractivity contribution in [2.24, 2.45) is 5.92 Å². The molecule has 0 aliphatic carbocycles. The molecule has 0 spiro atoms. The molecule has 94 valence electrons. The summed E-state index contributed by atoms with van der Waals surface area (Å²) in [6, 6.07) is 9.32. The van der Waals surface area contributed by atoms with E-state index >= 15 is 0 Å².